The summed E-state index contributed by atoms with van der Waals surface area (Å²) in [5.74, 6) is -0.246. The molecular formula is C17H16Cl2N2O3. The normalized spacial score (nSPS) is 10.1. The van der Waals surface area contributed by atoms with Crippen molar-refractivity contribution in [3.05, 3.63) is 63.6 Å². The summed E-state index contributed by atoms with van der Waals surface area (Å²) in [7, 11) is 0. The van der Waals surface area contributed by atoms with Crippen molar-refractivity contribution in [1.29, 1.82) is 0 Å². The van der Waals surface area contributed by atoms with Gasteiger partial charge in [0.2, 0.25) is 5.91 Å². The largest absolute Gasteiger partial charge is 0.483 e. The smallest absolute Gasteiger partial charge is 0.276 e. The molecule has 0 saturated carbocycles. The maximum Gasteiger partial charge on any atom is 0.276 e. The van der Waals surface area contributed by atoms with Crippen LogP contribution in [0.4, 0.5) is 0 Å². The van der Waals surface area contributed by atoms with E-state index >= 15 is 0 Å². The number of aryl methyl sites for hydroxylation is 1. The Morgan fingerprint density at radius 2 is 1.58 bits per heavy atom. The molecule has 2 aromatic rings. The summed E-state index contributed by atoms with van der Waals surface area (Å²) >= 11 is 11.6. The third-order valence-electron chi connectivity index (χ3n) is 3.12. The van der Waals surface area contributed by atoms with Gasteiger partial charge >= 0.3 is 0 Å². The fourth-order valence-electron chi connectivity index (χ4n) is 1.93. The van der Waals surface area contributed by atoms with Crippen molar-refractivity contribution in [3.8, 4) is 5.75 Å². The summed E-state index contributed by atoms with van der Waals surface area (Å²) < 4.78 is 5.38. The van der Waals surface area contributed by atoms with Crippen molar-refractivity contribution in [3.63, 3.8) is 0 Å². The van der Waals surface area contributed by atoms with Crippen LogP contribution in [0.5, 0.6) is 5.75 Å². The number of nitrogens with one attached hydrogen (secondary N) is 2. The topological polar surface area (TPSA) is 67.4 Å². The Kier molecular flexibility index (Phi) is 6.46. The first-order chi connectivity index (χ1) is 11.4. The van der Waals surface area contributed by atoms with Crippen LogP contribution in [-0.2, 0) is 16.0 Å². The SMILES string of the molecule is Cc1cc(Cl)ccc1OCC(=O)NNC(=O)Cc1ccc(Cl)cc1. The molecule has 0 spiro atoms. The Balaban J connectivity index is 1.74. The molecule has 2 amide bonds. The van der Waals surface area contributed by atoms with Crippen LogP contribution < -0.4 is 15.6 Å². The van der Waals surface area contributed by atoms with Crippen LogP contribution >= 0.6 is 23.2 Å². The van der Waals surface area contributed by atoms with E-state index in [1.165, 1.54) is 0 Å². The summed E-state index contributed by atoms with van der Waals surface area (Å²) in [5, 5.41) is 1.20. The molecule has 0 fully saturated rings. The molecule has 0 aliphatic heterocycles. The van der Waals surface area contributed by atoms with Crippen LogP contribution in [0.1, 0.15) is 11.1 Å². The van der Waals surface area contributed by atoms with Gasteiger partial charge in [-0.15, -0.1) is 0 Å². The van der Waals surface area contributed by atoms with Gasteiger partial charge in [-0.2, -0.15) is 0 Å². The molecule has 126 valence electrons. The van der Waals surface area contributed by atoms with Gasteiger partial charge in [-0.25, -0.2) is 0 Å². The quantitative estimate of drug-likeness (QED) is 0.799. The number of hydrogen-bond acceptors (Lipinski definition) is 3. The zero-order valence-electron chi connectivity index (χ0n) is 12.9. The fraction of sp³-hybridized carbons (Fsp3) is 0.176. The first-order valence-corrected chi connectivity index (χ1v) is 7.91. The lowest BCUT2D eigenvalue weighted by atomic mass is 10.1. The minimum atomic E-state index is -0.464. The van der Waals surface area contributed by atoms with Gasteiger partial charge in [0.1, 0.15) is 5.75 Å². The third-order valence-corrected chi connectivity index (χ3v) is 3.60. The maximum atomic E-state index is 11.8. The van der Waals surface area contributed by atoms with E-state index in [0.717, 1.165) is 11.1 Å². The van der Waals surface area contributed by atoms with Gasteiger partial charge < -0.3 is 4.74 Å². The molecule has 0 unspecified atom stereocenters. The first-order valence-electron chi connectivity index (χ1n) is 7.15. The molecule has 7 heteroatoms. The number of amides is 2. The van der Waals surface area contributed by atoms with Crippen molar-refractivity contribution in [2.75, 3.05) is 6.61 Å². The van der Waals surface area contributed by atoms with Gasteiger partial charge in [0.15, 0.2) is 6.61 Å². The van der Waals surface area contributed by atoms with Crippen molar-refractivity contribution in [1.82, 2.24) is 10.9 Å². The zero-order chi connectivity index (χ0) is 17.5. The van der Waals surface area contributed by atoms with Crippen LogP contribution in [0.25, 0.3) is 0 Å². The van der Waals surface area contributed by atoms with Crippen molar-refractivity contribution in [2.24, 2.45) is 0 Å². The second-order valence-corrected chi connectivity index (χ2v) is 5.97. The monoisotopic (exact) mass is 366 g/mol. The van der Waals surface area contributed by atoms with E-state index < -0.39 is 5.91 Å². The minimum absolute atomic E-state index is 0.134. The van der Waals surface area contributed by atoms with Crippen LogP contribution in [0.15, 0.2) is 42.5 Å². The molecule has 5 nitrogen and oxygen atoms in total. The molecule has 0 aliphatic rings. The van der Waals surface area contributed by atoms with Crippen molar-refractivity contribution >= 4 is 35.0 Å². The van der Waals surface area contributed by atoms with E-state index in [9.17, 15) is 9.59 Å². The van der Waals surface area contributed by atoms with Crippen LogP contribution in [0.2, 0.25) is 10.0 Å². The van der Waals surface area contributed by atoms with Gasteiger partial charge in [-0.05, 0) is 48.4 Å². The average Bonchev–Trinajstić information content (AvgIpc) is 2.54. The lowest BCUT2D eigenvalue weighted by Crippen LogP contribution is -2.44. The number of halogens is 2. The molecule has 0 radical (unpaired) electrons. The maximum absolute atomic E-state index is 11.8. The van der Waals surface area contributed by atoms with Gasteiger partial charge in [-0.3, -0.25) is 20.4 Å². The highest BCUT2D eigenvalue weighted by Crippen LogP contribution is 2.21. The van der Waals surface area contributed by atoms with Crippen molar-refractivity contribution in [2.45, 2.75) is 13.3 Å². The van der Waals surface area contributed by atoms with E-state index in [0.29, 0.717) is 15.8 Å². The van der Waals surface area contributed by atoms with E-state index in [1.54, 1.807) is 42.5 Å². The molecule has 0 bridgehead atoms. The van der Waals surface area contributed by atoms with Gasteiger partial charge in [0.05, 0.1) is 6.42 Å². The number of hydrogen-bond donors (Lipinski definition) is 2. The summed E-state index contributed by atoms with van der Waals surface area (Å²) in [6, 6.07) is 12.0. The van der Waals surface area contributed by atoms with Crippen LogP contribution in [0, 0.1) is 6.92 Å². The summed E-state index contributed by atoms with van der Waals surface area (Å²) in [6.07, 6.45) is 0.134. The number of rotatable bonds is 5. The molecule has 0 aliphatic carbocycles. The van der Waals surface area contributed by atoms with E-state index in [1.807, 2.05) is 6.92 Å². The molecular weight excluding hydrogens is 351 g/mol. The number of benzene rings is 2. The number of carbonyl (C=O) groups is 2. The third kappa shape index (κ3) is 5.76. The van der Waals surface area contributed by atoms with Gasteiger partial charge in [0, 0.05) is 10.0 Å². The zero-order valence-corrected chi connectivity index (χ0v) is 14.4. The Labute approximate surface area is 149 Å². The van der Waals surface area contributed by atoms with Crippen molar-refractivity contribution < 1.29 is 14.3 Å². The lowest BCUT2D eigenvalue weighted by Gasteiger charge is -2.10. The van der Waals surface area contributed by atoms with Crippen LogP contribution in [-0.4, -0.2) is 18.4 Å². The molecule has 0 saturated heterocycles. The highest BCUT2D eigenvalue weighted by Gasteiger charge is 2.08. The predicted octanol–water partition coefficient (Wildman–Crippen LogP) is 3.07. The molecule has 2 rings (SSSR count). The second-order valence-electron chi connectivity index (χ2n) is 5.10. The summed E-state index contributed by atoms with van der Waals surface area (Å²) in [5.41, 5.74) is 6.24. The summed E-state index contributed by atoms with van der Waals surface area (Å²) in [4.78, 5) is 23.5. The Hall–Kier alpha value is -2.24. The molecule has 0 heterocycles. The fourth-order valence-corrected chi connectivity index (χ4v) is 2.28. The first kappa shape index (κ1) is 18.1. The molecule has 2 aromatic carbocycles. The molecule has 0 aromatic heterocycles. The molecule has 0 atom stereocenters. The molecule has 24 heavy (non-hydrogen) atoms. The highest BCUT2D eigenvalue weighted by atomic mass is 35.5. The average molecular weight is 367 g/mol. The number of hydrazine groups is 1. The molecule has 2 N–H and O–H groups in total. The minimum Gasteiger partial charge on any atom is -0.483 e. The number of carbonyl (C=O) groups excluding carboxylic acids is 2. The Morgan fingerprint density at radius 1 is 0.958 bits per heavy atom. The predicted molar refractivity (Wildman–Crippen MR) is 93.1 cm³/mol. The van der Waals surface area contributed by atoms with Gasteiger partial charge in [-0.1, -0.05) is 35.3 Å². The van der Waals surface area contributed by atoms with Gasteiger partial charge in [0.25, 0.3) is 5.91 Å². The Bertz CT molecular complexity index is 733. The lowest BCUT2D eigenvalue weighted by molar-refractivity contribution is -0.129. The van der Waals surface area contributed by atoms with E-state index in [-0.39, 0.29) is 18.9 Å². The summed E-state index contributed by atoms with van der Waals surface area (Å²) in [6.45, 7) is 1.61. The highest BCUT2D eigenvalue weighted by molar-refractivity contribution is 6.30. The van der Waals surface area contributed by atoms with Crippen LogP contribution in [0.3, 0.4) is 0 Å². The number of ether oxygens (including phenoxy) is 1. The Morgan fingerprint density at radius 3 is 2.25 bits per heavy atom. The van der Waals surface area contributed by atoms with E-state index in [2.05, 4.69) is 10.9 Å². The standard InChI is InChI=1S/C17H16Cl2N2O3/c1-11-8-14(19)6-7-15(11)24-10-17(23)21-20-16(22)9-12-2-4-13(18)5-3-12/h2-8H,9-10H2,1H3,(H,20,22)(H,21,23). The van der Waals surface area contributed by atoms with E-state index in [4.69, 9.17) is 27.9 Å². The second kappa shape index (κ2) is 8.57.